The van der Waals surface area contributed by atoms with Crippen LogP contribution in [0.25, 0.3) is 76.6 Å². The van der Waals surface area contributed by atoms with E-state index in [4.69, 9.17) is 9.72 Å². The molecule has 0 radical (unpaired) electrons. The largest absolute Gasteiger partial charge is 0.456 e. The second-order valence-electron chi connectivity index (χ2n) is 10.7. The monoisotopic (exact) mass is 521 g/mol. The zero-order valence-corrected chi connectivity index (χ0v) is 22.1. The van der Waals surface area contributed by atoms with Gasteiger partial charge in [-0.2, -0.15) is 0 Å². The Labute approximate surface area is 237 Å². The first-order valence-electron chi connectivity index (χ1n) is 14.0. The zero-order chi connectivity index (χ0) is 26.9. The van der Waals surface area contributed by atoms with E-state index in [1.807, 2.05) is 12.3 Å². The van der Waals surface area contributed by atoms with Crippen LogP contribution in [0.4, 0.5) is 0 Å². The van der Waals surface area contributed by atoms with Gasteiger partial charge in [0.25, 0.3) is 0 Å². The van der Waals surface area contributed by atoms with E-state index in [9.17, 15) is 0 Å². The van der Waals surface area contributed by atoms with Gasteiger partial charge in [-0.3, -0.25) is 4.98 Å². The highest BCUT2D eigenvalue weighted by atomic mass is 16.5. The van der Waals surface area contributed by atoms with Crippen LogP contribution in [0.5, 0.6) is 11.5 Å². The summed E-state index contributed by atoms with van der Waals surface area (Å²) in [6.45, 7) is 0. The lowest BCUT2D eigenvalue weighted by atomic mass is 9.88. The third kappa shape index (κ3) is 3.28. The summed E-state index contributed by atoms with van der Waals surface area (Å²) in [5.74, 6) is 1.78. The van der Waals surface area contributed by atoms with Crippen LogP contribution in [0.2, 0.25) is 0 Å². The van der Waals surface area contributed by atoms with Crippen LogP contribution in [0.3, 0.4) is 0 Å². The molecule has 0 atom stereocenters. The number of aromatic nitrogens is 1. The molecule has 0 saturated heterocycles. The number of fused-ring (bicyclic) bond motifs is 6. The molecule has 2 nitrogen and oxygen atoms in total. The van der Waals surface area contributed by atoms with Crippen molar-refractivity contribution in [2.45, 2.75) is 0 Å². The Bertz CT molecular complexity index is 2350. The lowest BCUT2D eigenvalue weighted by Gasteiger charge is -2.23. The maximum Gasteiger partial charge on any atom is 0.135 e. The van der Waals surface area contributed by atoms with Crippen molar-refractivity contribution < 1.29 is 4.74 Å². The van der Waals surface area contributed by atoms with E-state index in [0.717, 1.165) is 44.5 Å². The molecule has 0 fully saturated rings. The second-order valence-corrected chi connectivity index (χ2v) is 10.7. The Kier molecular flexibility index (Phi) is 4.64. The van der Waals surface area contributed by atoms with E-state index >= 15 is 0 Å². The van der Waals surface area contributed by atoms with Crippen molar-refractivity contribution in [3.05, 3.63) is 140 Å². The van der Waals surface area contributed by atoms with E-state index < -0.39 is 0 Å². The Morgan fingerprint density at radius 2 is 1.15 bits per heavy atom. The third-order valence-corrected chi connectivity index (χ3v) is 8.50. The quantitative estimate of drug-likeness (QED) is 0.211. The highest BCUT2D eigenvalue weighted by molar-refractivity contribution is 6.15. The van der Waals surface area contributed by atoms with Crippen LogP contribution in [0, 0.1) is 0 Å². The van der Waals surface area contributed by atoms with Gasteiger partial charge in [-0.15, -0.1) is 0 Å². The number of rotatable bonds is 2. The van der Waals surface area contributed by atoms with E-state index in [1.165, 1.54) is 43.6 Å². The number of para-hydroxylation sites is 1. The van der Waals surface area contributed by atoms with Gasteiger partial charge in [-0.1, -0.05) is 103 Å². The Hall–Kier alpha value is -5.47. The van der Waals surface area contributed by atoms with Gasteiger partial charge in [-0.25, -0.2) is 0 Å². The molecule has 0 N–H and O–H groups in total. The van der Waals surface area contributed by atoms with Crippen LogP contribution in [-0.4, -0.2) is 4.98 Å². The summed E-state index contributed by atoms with van der Waals surface area (Å²) in [6, 6.07) is 47.6. The number of hydrogen-bond acceptors (Lipinski definition) is 2. The van der Waals surface area contributed by atoms with Gasteiger partial charge in [0.15, 0.2) is 0 Å². The average Bonchev–Trinajstić information content (AvgIpc) is 3.04. The van der Waals surface area contributed by atoms with Gasteiger partial charge in [0.2, 0.25) is 0 Å². The Balaban J connectivity index is 1.24. The van der Waals surface area contributed by atoms with Gasteiger partial charge >= 0.3 is 0 Å². The van der Waals surface area contributed by atoms with Gasteiger partial charge in [0.05, 0.1) is 5.52 Å². The molecule has 1 aliphatic heterocycles. The Morgan fingerprint density at radius 1 is 0.415 bits per heavy atom. The molecule has 0 spiro atoms. The van der Waals surface area contributed by atoms with Crippen molar-refractivity contribution in [3.63, 3.8) is 0 Å². The molecule has 2 heterocycles. The SMILES string of the molecule is c1cnc2c(-c3ccc4c5c(cccc35)Oc3cc(-c5cc6ccccc6c6ccccc56)ccc3-4)cccc2c1. The molecule has 190 valence electrons. The minimum atomic E-state index is 0.888. The molecule has 0 bridgehead atoms. The molecule has 0 amide bonds. The second kappa shape index (κ2) is 8.51. The van der Waals surface area contributed by atoms with Crippen LogP contribution in [0.1, 0.15) is 0 Å². The molecule has 7 aromatic carbocycles. The molecule has 1 aromatic heterocycles. The van der Waals surface area contributed by atoms with Gasteiger partial charge < -0.3 is 4.74 Å². The highest BCUT2D eigenvalue weighted by Crippen LogP contribution is 2.50. The number of ether oxygens (including phenoxy) is 1. The molecule has 0 unspecified atom stereocenters. The molecule has 8 aromatic rings. The first kappa shape index (κ1) is 22.4. The van der Waals surface area contributed by atoms with Crippen LogP contribution < -0.4 is 4.74 Å². The van der Waals surface area contributed by atoms with E-state index in [1.54, 1.807) is 0 Å². The number of benzene rings is 7. The number of pyridine rings is 1. The van der Waals surface area contributed by atoms with Gasteiger partial charge in [-0.05, 0) is 79.5 Å². The van der Waals surface area contributed by atoms with Crippen molar-refractivity contribution >= 4 is 43.2 Å². The number of nitrogens with zero attached hydrogens (tertiary/aromatic N) is 1. The normalized spacial score (nSPS) is 12.1. The van der Waals surface area contributed by atoms with Crippen molar-refractivity contribution in [3.8, 4) is 44.9 Å². The molecule has 2 heteroatoms. The lowest BCUT2D eigenvalue weighted by Crippen LogP contribution is -1.98. The van der Waals surface area contributed by atoms with Crippen LogP contribution in [0.15, 0.2) is 140 Å². The first-order chi connectivity index (χ1) is 20.3. The molecule has 0 aliphatic carbocycles. The average molecular weight is 522 g/mol. The summed E-state index contributed by atoms with van der Waals surface area (Å²) in [7, 11) is 0. The summed E-state index contributed by atoms with van der Waals surface area (Å²) >= 11 is 0. The third-order valence-electron chi connectivity index (χ3n) is 8.50. The standard InChI is InChI=1S/C39H23NO/c1-2-11-27-25(8-1)22-35(29-13-4-3-12-28(27)29)26-17-18-31-33-20-19-30(34-15-5-9-24-10-7-21-40-39(24)34)32-14-6-16-36(38(32)33)41-37(31)23-26/h1-23H. The summed E-state index contributed by atoms with van der Waals surface area (Å²) in [5.41, 5.74) is 8.00. The van der Waals surface area contributed by atoms with Crippen molar-refractivity contribution in [1.82, 2.24) is 4.98 Å². The van der Waals surface area contributed by atoms with Gasteiger partial charge in [0, 0.05) is 28.1 Å². The maximum atomic E-state index is 6.67. The molecule has 41 heavy (non-hydrogen) atoms. The minimum absolute atomic E-state index is 0.888. The first-order valence-corrected chi connectivity index (χ1v) is 14.0. The molecule has 1 aliphatic rings. The minimum Gasteiger partial charge on any atom is -0.456 e. The fraction of sp³-hybridized carbons (Fsp3) is 0. The van der Waals surface area contributed by atoms with Crippen molar-refractivity contribution in [2.75, 3.05) is 0 Å². The fourth-order valence-electron chi connectivity index (χ4n) is 6.65. The van der Waals surface area contributed by atoms with Crippen molar-refractivity contribution in [2.24, 2.45) is 0 Å². The Morgan fingerprint density at radius 3 is 2.10 bits per heavy atom. The highest BCUT2D eigenvalue weighted by Gasteiger charge is 2.23. The smallest absolute Gasteiger partial charge is 0.135 e. The van der Waals surface area contributed by atoms with Crippen LogP contribution >= 0.6 is 0 Å². The van der Waals surface area contributed by atoms with E-state index in [-0.39, 0.29) is 0 Å². The predicted molar refractivity (Wildman–Crippen MR) is 171 cm³/mol. The summed E-state index contributed by atoms with van der Waals surface area (Å²) in [5, 5.41) is 8.50. The van der Waals surface area contributed by atoms with E-state index in [2.05, 4.69) is 127 Å². The fourth-order valence-corrected chi connectivity index (χ4v) is 6.65. The van der Waals surface area contributed by atoms with Gasteiger partial charge in [0.1, 0.15) is 11.5 Å². The molecular formula is C39H23NO. The van der Waals surface area contributed by atoms with Crippen LogP contribution in [-0.2, 0) is 0 Å². The molecule has 9 rings (SSSR count). The summed E-state index contributed by atoms with van der Waals surface area (Å²) < 4.78 is 6.67. The summed E-state index contributed by atoms with van der Waals surface area (Å²) in [4.78, 5) is 4.73. The molecule has 0 saturated carbocycles. The van der Waals surface area contributed by atoms with E-state index in [0.29, 0.717) is 0 Å². The van der Waals surface area contributed by atoms with Crippen molar-refractivity contribution in [1.29, 1.82) is 0 Å². The maximum absolute atomic E-state index is 6.67. The topological polar surface area (TPSA) is 22.1 Å². The summed E-state index contributed by atoms with van der Waals surface area (Å²) in [6.07, 6.45) is 1.87. The number of hydrogen-bond donors (Lipinski definition) is 0. The predicted octanol–water partition coefficient (Wildman–Crippen LogP) is 10.8. The molecular weight excluding hydrogens is 498 g/mol. The lowest BCUT2D eigenvalue weighted by molar-refractivity contribution is 0.487. The zero-order valence-electron chi connectivity index (χ0n) is 22.1.